The Kier molecular flexibility index (Phi) is 9.49. The maximum Gasteiger partial charge on any atom is 0.187 e. The second-order valence-electron chi connectivity index (χ2n) is 10.5. The van der Waals surface area contributed by atoms with Gasteiger partial charge in [-0.15, -0.1) is 0 Å². The number of ether oxygens (including phenoxy) is 8. The van der Waals surface area contributed by atoms with Crippen LogP contribution in [0.3, 0.4) is 0 Å². The van der Waals surface area contributed by atoms with Crippen LogP contribution in [0.15, 0.2) is 30.3 Å². The number of hydrogen-bond donors (Lipinski definition) is 1. The van der Waals surface area contributed by atoms with Crippen LogP contribution in [0.4, 0.5) is 0 Å². The van der Waals surface area contributed by atoms with Gasteiger partial charge < -0.3 is 43.0 Å². The summed E-state index contributed by atoms with van der Waals surface area (Å²) in [4.78, 5) is 0. The first-order valence-electron chi connectivity index (χ1n) is 13.9. The van der Waals surface area contributed by atoms with Crippen molar-refractivity contribution < 1.29 is 43.0 Å². The smallest absolute Gasteiger partial charge is 0.187 e. The zero-order chi connectivity index (χ0) is 25.8. The number of aliphatic hydroxyl groups excluding tert-OH is 1. The van der Waals surface area contributed by atoms with E-state index in [1.165, 1.54) is 0 Å². The van der Waals surface area contributed by atoms with Gasteiger partial charge in [0, 0.05) is 24.7 Å². The summed E-state index contributed by atoms with van der Waals surface area (Å²) in [5, 5.41) is 10.2. The molecule has 11 atom stereocenters. The predicted molar refractivity (Wildman–Crippen MR) is 133 cm³/mol. The molecule has 4 heterocycles. The molecule has 5 unspecified atom stereocenters. The summed E-state index contributed by atoms with van der Waals surface area (Å²) in [6.45, 7) is 8.20. The topological polar surface area (TPSA) is 97.4 Å². The molecular formula is C28H42O9. The maximum atomic E-state index is 10.2. The summed E-state index contributed by atoms with van der Waals surface area (Å²) in [7, 11) is 0. The van der Waals surface area contributed by atoms with E-state index < -0.39 is 25.0 Å². The largest absolute Gasteiger partial charge is 0.372 e. The average molecular weight is 523 g/mol. The fourth-order valence-corrected chi connectivity index (χ4v) is 5.29. The van der Waals surface area contributed by atoms with E-state index in [-0.39, 0.29) is 42.5 Å². The van der Waals surface area contributed by atoms with Gasteiger partial charge in [0.15, 0.2) is 18.9 Å². The molecule has 0 radical (unpaired) electrons. The highest BCUT2D eigenvalue weighted by Gasteiger charge is 2.58. The summed E-state index contributed by atoms with van der Waals surface area (Å²) in [6.07, 6.45) is -0.789. The van der Waals surface area contributed by atoms with E-state index in [1.807, 2.05) is 37.3 Å². The molecule has 4 saturated heterocycles. The van der Waals surface area contributed by atoms with Crippen molar-refractivity contribution in [3.05, 3.63) is 35.9 Å². The number of epoxide rings is 1. The number of fused-ring (bicyclic) bond motifs is 2. The first-order chi connectivity index (χ1) is 18.1. The maximum absolute atomic E-state index is 10.2. The van der Waals surface area contributed by atoms with E-state index in [1.54, 1.807) is 0 Å². The summed E-state index contributed by atoms with van der Waals surface area (Å²) in [5.41, 5.74) is 0.956. The molecule has 208 valence electrons. The zero-order valence-corrected chi connectivity index (χ0v) is 22.1. The number of hydrogen-bond acceptors (Lipinski definition) is 9. The molecule has 4 fully saturated rings. The first-order valence-corrected chi connectivity index (χ1v) is 13.9. The Balaban J connectivity index is 1.37. The number of rotatable bonds is 11. The molecule has 0 amide bonds. The molecule has 37 heavy (non-hydrogen) atoms. The SMILES string of the molecule is CCCCOC1[C@@H]2OC(c3ccccc3)OCC2O[C@@H](OC2[C@H](C)COC(O)[C@@H]3O[C@H]23)[C@H]1OCCCC. The van der Waals surface area contributed by atoms with Crippen LogP contribution in [-0.2, 0) is 37.9 Å². The Labute approximate surface area is 219 Å². The molecule has 0 spiro atoms. The highest BCUT2D eigenvalue weighted by atomic mass is 16.8. The molecule has 1 aromatic rings. The molecule has 4 aliphatic heterocycles. The monoisotopic (exact) mass is 522 g/mol. The van der Waals surface area contributed by atoms with E-state index >= 15 is 0 Å². The van der Waals surface area contributed by atoms with E-state index in [2.05, 4.69) is 13.8 Å². The fraction of sp³-hybridized carbons (Fsp3) is 0.786. The lowest BCUT2D eigenvalue weighted by atomic mass is 9.96. The minimum atomic E-state index is -0.936. The first kappa shape index (κ1) is 27.4. The summed E-state index contributed by atoms with van der Waals surface area (Å²) < 4.78 is 49.9. The lowest BCUT2D eigenvalue weighted by molar-refractivity contribution is -0.377. The van der Waals surface area contributed by atoms with Crippen molar-refractivity contribution in [3.8, 4) is 0 Å². The van der Waals surface area contributed by atoms with Crippen molar-refractivity contribution in [2.24, 2.45) is 5.92 Å². The molecule has 5 rings (SSSR count). The van der Waals surface area contributed by atoms with Gasteiger partial charge in [-0.3, -0.25) is 0 Å². The lowest BCUT2D eigenvalue weighted by Gasteiger charge is -2.49. The van der Waals surface area contributed by atoms with Gasteiger partial charge in [-0.05, 0) is 12.8 Å². The third-order valence-electron chi connectivity index (χ3n) is 7.52. The summed E-state index contributed by atoms with van der Waals surface area (Å²) >= 11 is 0. The van der Waals surface area contributed by atoms with Gasteiger partial charge in [0.1, 0.15) is 36.6 Å². The molecule has 1 N–H and O–H groups in total. The van der Waals surface area contributed by atoms with Crippen LogP contribution in [0, 0.1) is 5.92 Å². The second kappa shape index (κ2) is 12.8. The summed E-state index contributed by atoms with van der Waals surface area (Å²) in [5.74, 6) is 0.00513. The quantitative estimate of drug-likeness (QED) is 0.347. The van der Waals surface area contributed by atoms with Crippen molar-refractivity contribution in [1.82, 2.24) is 0 Å². The van der Waals surface area contributed by atoms with Crippen LogP contribution in [0.5, 0.6) is 0 Å². The minimum absolute atomic E-state index is 0.00513. The van der Waals surface area contributed by atoms with Crippen LogP contribution in [0.25, 0.3) is 0 Å². The van der Waals surface area contributed by atoms with Crippen molar-refractivity contribution in [2.45, 2.75) is 108 Å². The van der Waals surface area contributed by atoms with Crippen molar-refractivity contribution in [2.75, 3.05) is 26.4 Å². The standard InChI is InChI=1S/C28H42O9/c1-4-6-13-30-22-21-19(16-33-27(37-21)18-11-9-8-10-12-18)34-28(25(22)31-14-7-5-2)36-20-17(3)15-32-26(29)24-23(20)35-24/h8-12,17,19-29H,4-7,13-16H2,1-3H3/t17-,19?,20?,21-,22?,23-,24-,25+,26?,27?,28+/m1/s1. The average Bonchev–Trinajstić information content (AvgIpc) is 3.73. The van der Waals surface area contributed by atoms with E-state index in [9.17, 15) is 5.11 Å². The van der Waals surface area contributed by atoms with Gasteiger partial charge in [-0.2, -0.15) is 0 Å². The Morgan fingerprint density at radius 3 is 2.27 bits per heavy atom. The van der Waals surface area contributed by atoms with E-state index in [4.69, 9.17) is 37.9 Å². The van der Waals surface area contributed by atoms with E-state index in [0.29, 0.717) is 26.4 Å². The third kappa shape index (κ3) is 6.37. The number of aliphatic hydroxyl groups is 1. The Hall–Kier alpha value is -1.14. The van der Waals surface area contributed by atoms with Gasteiger partial charge in [0.25, 0.3) is 0 Å². The highest BCUT2D eigenvalue weighted by Crippen LogP contribution is 2.41. The molecule has 9 nitrogen and oxygen atoms in total. The van der Waals surface area contributed by atoms with Gasteiger partial charge in [0.2, 0.25) is 0 Å². The molecule has 0 aromatic heterocycles. The predicted octanol–water partition coefficient (Wildman–Crippen LogP) is 3.33. The lowest BCUT2D eigenvalue weighted by Crippen LogP contribution is -2.64. The third-order valence-corrected chi connectivity index (χ3v) is 7.52. The van der Waals surface area contributed by atoms with Crippen LogP contribution in [0.2, 0.25) is 0 Å². The second-order valence-corrected chi connectivity index (χ2v) is 10.5. The highest BCUT2D eigenvalue weighted by molar-refractivity contribution is 5.16. The van der Waals surface area contributed by atoms with Crippen LogP contribution in [0.1, 0.15) is 58.3 Å². The molecule has 4 aliphatic rings. The van der Waals surface area contributed by atoms with Crippen LogP contribution < -0.4 is 0 Å². The summed E-state index contributed by atoms with van der Waals surface area (Å²) in [6, 6.07) is 9.92. The van der Waals surface area contributed by atoms with Crippen molar-refractivity contribution in [1.29, 1.82) is 0 Å². The fourth-order valence-electron chi connectivity index (χ4n) is 5.29. The number of benzene rings is 1. The number of unbranched alkanes of at least 4 members (excludes halogenated alkanes) is 2. The Morgan fingerprint density at radius 1 is 0.811 bits per heavy atom. The minimum Gasteiger partial charge on any atom is -0.372 e. The van der Waals surface area contributed by atoms with E-state index in [0.717, 1.165) is 31.2 Å². The van der Waals surface area contributed by atoms with Gasteiger partial charge in [-0.1, -0.05) is 63.9 Å². The van der Waals surface area contributed by atoms with Crippen LogP contribution in [-0.4, -0.2) is 86.8 Å². The van der Waals surface area contributed by atoms with Crippen LogP contribution >= 0.6 is 0 Å². The van der Waals surface area contributed by atoms with Gasteiger partial charge in [-0.25, -0.2) is 0 Å². The molecule has 1 aromatic carbocycles. The molecule has 0 saturated carbocycles. The van der Waals surface area contributed by atoms with Gasteiger partial charge in [0.05, 0.1) is 19.3 Å². The normalized spacial score (nSPS) is 41.5. The Morgan fingerprint density at radius 2 is 1.54 bits per heavy atom. The zero-order valence-electron chi connectivity index (χ0n) is 22.1. The Bertz CT molecular complexity index is 825. The van der Waals surface area contributed by atoms with Gasteiger partial charge >= 0.3 is 0 Å². The molecule has 0 aliphatic carbocycles. The van der Waals surface area contributed by atoms with Crippen molar-refractivity contribution in [3.63, 3.8) is 0 Å². The molecular weight excluding hydrogens is 480 g/mol. The molecule has 9 heteroatoms. The van der Waals surface area contributed by atoms with Crippen molar-refractivity contribution >= 4 is 0 Å². The molecule has 0 bridgehead atoms.